The molecule has 0 bridgehead atoms. The molecule has 5 rings (SSSR count). The molecule has 1 unspecified atom stereocenters. The predicted molar refractivity (Wildman–Crippen MR) is 125 cm³/mol. The van der Waals surface area contributed by atoms with Crippen LogP contribution in [0.5, 0.6) is 0 Å². The van der Waals surface area contributed by atoms with Crippen molar-refractivity contribution in [3.63, 3.8) is 0 Å². The van der Waals surface area contributed by atoms with Crippen molar-refractivity contribution in [3.05, 3.63) is 71.0 Å². The molecule has 4 aromatic rings. The first-order valence-electron chi connectivity index (χ1n) is 11.1. The van der Waals surface area contributed by atoms with Crippen molar-refractivity contribution < 1.29 is 9.90 Å². The molecule has 1 aliphatic heterocycles. The van der Waals surface area contributed by atoms with Crippen LogP contribution in [0.1, 0.15) is 36.2 Å². The van der Waals surface area contributed by atoms with Gasteiger partial charge >= 0.3 is 0 Å². The fraction of sp³-hybridized carbons (Fsp3) is 0.308. The molecule has 2 aromatic carbocycles. The van der Waals surface area contributed by atoms with E-state index in [0.717, 1.165) is 50.2 Å². The van der Waals surface area contributed by atoms with Crippen LogP contribution in [0.2, 0.25) is 0 Å². The zero-order valence-electron chi connectivity index (χ0n) is 18.9. The van der Waals surface area contributed by atoms with Crippen molar-refractivity contribution in [3.8, 4) is 16.9 Å². The third-order valence-electron chi connectivity index (χ3n) is 6.43. The molecule has 1 atom stereocenters. The first kappa shape index (κ1) is 20.5. The number of para-hydroxylation sites is 1. The molecular formula is C26H28N4O2. The highest BCUT2D eigenvalue weighted by Gasteiger charge is 2.34. The van der Waals surface area contributed by atoms with E-state index in [0.29, 0.717) is 13.1 Å². The molecule has 6 heteroatoms. The normalized spacial score (nSPS) is 14.4. The molecule has 0 radical (unpaired) electrons. The lowest BCUT2D eigenvalue weighted by molar-refractivity contribution is -0.143. The van der Waals surface area contributed by atoms with Crippen LogP contribution in [0.15, 0.2) is 48.7 Å². The van der Waals surface area contributed by atoms with E-state index in [2.05, 4.69) is 61.3 Å². The molecule has 1 amide bonds. The molecule has 0 spiro atoms. The number of rotatable bonds is 4. The number of carbonyl (C=O) groups is 1. The monoisotopic (exact) mass is 428 g/mol. The van der Waals surface area contributed by atoms with Gasteiger partial charge in [0.25, 0.3) is 5.91 Å². The minimum absolute atomic E-state index is 0.125. The van der Waals surface area contributed by atoms with Gasteiger partial charge in [-0.2, -0.15) is 5.10 Å². The smallest absolute Gasteiger partial charge is 0.252 e. The number of benzene rings is 2. The second-order valence-corrected chi connectivity index (χ2v) is 9.09. The summed E-state index contributed by atoms with van der Waals surface area (Å²) in [6, 6.07) is 14.7. The number of hydrogen-bond donors (Lipinski definition) is 2. The van der Waals surface area contributed by atoms with Crippen LogP contribution in [-0.2, 0) is 17.9 Å². The Bertz CT molecular complexity index is 1310. The van der Waals surface area contributed by atoms with E-state index in [4.69, 9.17) is 5.10 Å². The molecule has 0 saturated heterocycles. The summed E-state index contributed by atoms with van der Waals surface area (Å²) in [4.78, 5) is 17.8. The predicted octanol–water partition coefficient (Wildman–Crippen LogP) is 4.50. The Morgan fingerprint density at radius 2 is 1.84 bits per heavy atom. The van der Waals surface area contributed by atoms with E-state index in [1.54, 1.807) is 4.90 Å². The summed E-state index contributed by atoms with van der Waals surface area (Å²) in [5.41, 5.74) is 8.47. The summed E-state index contributed by atoms with van der Waals surface area (Å²) < 4.78 is 2.05. The summed E-state index contributed by atoms with van der Waals surface area (Å²) in [7, 11) is 0. The Kier molecular flexibility index (Phi) is 4.90. The average molecular weight is 429 g/mol. The quantitative estimate of drug-likeness (QED) is 0.503. The number of fused-ring (bicyclic) bond motifs is 2. The number of aryl methyl sites for hydroxylation is 2. The van der Waals surface area contributed by atoms with Gasteiger partial charge in [-0.25, -0.2) is 4.68 Å². The number of carbonyl (C=O) groups excluding carboxylic acids is 1. The van der Waals surface area contributed by atoms with E-state index in [1.165, 1.54) is 0 Å². The number of aromatic nitrogens is 3. The lowest BCUT2D eigenvalue weighted by Crippen LogP contribution is -2.38. The van der Waals surface area contributed by atoms with Gasteiger partial charge in [-0.15, -0.1) is 0 Å². The van der Waals surface area contributed by atoms with Crippen molar-refractivity contribution in [2.75, 3.05) is 0 Å². The molecule has 6 nitrogen and oxygen atoms in total. The van der Waals surface area contributed by atoms with Gasteiger partial charge in [-0.3, -0.25) is 4.79 Å². The van der Waals surface area contributed by atoms with Crippen molar-refractivity contribution in [2.24, 2.45) is 5.92 Å². The number of amides is 1. The Hall–Kier alpha value is -3.38. The molecule has 2 N–H and O–H groups in total. The highest BCUT2D eigenvalue weighted by molar-refractivity contribution is 5.86. The van der Waals surface area contributed by atoms with Gasteiger partial charge in [0.2, 0.25) is 0 Å². The zero-order chi connectivity index (χ0) is 22.6. The van der Waals surface area contributed by atoms with Crippen molar-refractivity contribution in [1.29, 1.82) is 0 Å². The van der Waals surface area contributed by atoms with Crippen LogP contribution in [0.25, 0.3) is 27.8 Å². The third-order valence-corrected chi connectivity index (χ3v) is 6.43. The number of nitrogens with zero attached hydrogens (tertiary/aromatic N) is 3. The van der Waals surface area contributed by atoms with E-state index in [9.17, 15) is 9.90 Å². The molecule has 2 aromatic heterocycles. The van der Waals surface area contributed by atoms with E-state index < -0.39 is 6.10 Å². The summed E-state index contributed by atoms with van der Waals surface area (Å²) in [5, 5.41) is 16.5. The maximum atomic E-state index is 12.8. The van der Waals surface area contributed by atoms with Crippen LogP contribution in [-0.4, -0.2) is 36.8 Å². The van der Waals surface area contributed by atoms with Gasteiger partial charge in [0, 0.05) is 28.2 Å². The van der Waals surface area contributed by atoms with E-state index in [1.807, 2.05) is 24.7 Å². The summed E-state index contributed by atoms with van der Waals surface area (Å²) in [6.45, 7) is 8.78. The second-order valence-electron chi connectivity index (χ2n) is 9.09. The van der Waals surface area contributed by atoms with Gasteiger partial charge in [-0.1, -0.05) is 38.1 Å². The Labute approximate surface area is 187 Å². The number of nitrogens with one attached hydrogen (secondary N) is 1. The van der Waals surface area contributed by atoms with Gasteiger partial charge < -0.3 is 15.0 Å². The molecule has 1 aliphatic rings. The third kappa shape index (κ3) is 3.22. The van der Waals surface area contributed by atoms with Gasteiger partial charge in [0.15, 0.2) is 0 Å². The van der Waals surface area contributed by atoms with Crippen LogP contribution in [0, 0.1) is 19.8 Å². The number of aliphatic hydroxyl groups excluding tert-OH is 1. The highest BCUT2D eigenvalue weighted by atomic mass is 16.3. The average Bonchev–Trinajstić information content (AvgIpc) is 3.46. The number of hydrogen-bond acceptors (Lipinski definition) is 3. The fourth-order valence-electron chi connectivity index (χ4n) is 4.64. The van der Waals surface area contributed by atoms with Crippen molar-refractivity contribution in [1.82, 2.24) is 19.7 Å². The first-order valence-corrected chi connectivity index (χ1v) is 11.1. The molecule has 3 heterocycles. The highest BCUT2D eigenvalue weighted by Crippen LogP contribution is 2.37. The number of aromatic amines is 1. The molecule has 32 heavy (non-hydrogen) atoms. The van der Waals surface area contributed by atoms with Gasteiger partial charge in [0.1, 0.15) is 6.10 Å². The van der Waals surface area contributed by atoms with Crippen LogP contribution < -0.4 is 0 Å². The lowest BCUT2D eigenvalue weighted by Gasteiger charge is -2.22. The molecule has 0 saturated carbocycles. The summed E-state index contributed by atoms with van der Waals surface area (Å²) in [5.74, 6) is -0.357. The van der Waals surface area contributed by atoms with Gasteiger partial charge in [-0.05, 0) is 49.1 Å². The van der Waals surface area contributed by atoms with Crippen molar-refractivity contribution >= 4 is 16.8 Å². The minimum atomic E-state index is -0.996. The van der Waals surface area contributed by atoms with Crippen molar-refractivity contribution in [2.45, 2.75) is 46.9 Å². The number of aliphatic hydroxyl groups is 1. The molecule has 0 fully saturated rings. The molecule has 0 aliphatic carbocycles. The molecule has 164 valence electrons. The second kappa shape index (κ2) is 7.64. The lowest BCUT2D eigenvalue weighted by atomic mass is 10.0. The standard InChI is InChI=1S/C26H28N4O2/c1-15(2)25(31)26(32)29-13-20-22(14-29)28-30(23-16(3)6-5-7-17(23)4)24(20)19-8-9-21-18(12-19)10-11-27-21/h5-12,15,25,27,31H,13-14H2,1-4H3. The Morgan fingerprint density at radius 3 is 2.56 bits per heavy atom. The zero-order valence-corrected chi connectivity index (χ0v) is 18.9. The fourth-order valence-corrected chi connectivity index (χ4v) is 4.64. The largest absolute Gasteiger partial charge is 0.383 e. The Balaban J connectivity index is 1.66. The Morgan fingerprint density at radius 1 is 1.09 bits per heavy atom. The topological polar surface area (TPSA) is 74.2 Å². The van der Waals surface area contributed by atoms with Crippen LogP contribution in [0.4, 0.5) is 0 Å². The maximum absolute atomic E-state index is 12.8. The summed E-state index contributed by atoms with van der Waals surface area (Å²) >= 11 is 0. The minimum Gasteiger partial charge on any atom is -0.383 e. The SMILES string of the molecule is Cc1cccc(C)c1-n1nc2c(c1-c1ccc3[nH]ccc3c1)CN(C(=O)C(O)C(C)C)C2. The molecular weight excluding hydrogens is 400 g/mol. The van der Waals surface area contributed by atoms with Gasteiger partial charge in [0.05, 0.1) is 30.2 Å². The van der Waals surface area contributed by atoms with Crippen LogP contribution >= 0.6 is 0 Å². The van der Waals surface area contributed by atoms with Crippen LogP contribution in [0.3, 0.4) is 0 Å². The van der Waals surface area contributed by atoms with E-state index in [-0.39, 0.29) is 11.8 Å². The number of H-pyrrole nitrogens is 1. The van der Waals surface area contributed by atoms with E-state index >= 15 is 0 Å². The maximum Gasteiger partial charge on any atom is 0.252 e. The summed E-state index contributed by atoms with van der Waals surface area (Å²) in [6.07, 6.45) is 0.944. The first-order chi connectivity index (χ1) is 15.3.